The Morgan fingerprint density at radius 3 is 2.52 bits per heavy atom. The fourth-order valence-corrected chi connectivity index (χ4v) is 3.14. The van der Waals surface area contributed by atoms with Crippen LogP contribution in [0.3, 0.4) is 0 Å². The van der Waals surface area contributed by atoms with Gasteiger partial charge in [0.1, 0.15) is 18.0 Å². The second kappa shape index (κ2) is 8.86. The topological polar surface area (TPSA) is 87.3 Å². The van der Waals surface area contributed by atoms with Gasteiger partial charge in [-0.3, -0.25) is 0 Å². The van der Waals surface area contributed by atoms with Gasteiger partial charge in [0, 0.05) is 11.8 Å². The number of carbonyl (C=O) groups excluding carboxylic acids is 1. The molecule has 29 heavy (non-hydrogen) atoms. The minimum Gasteiger partial charge on any atom is -0.488 e. The first kappa shape index (κ1) is 22.7. The summed E-state index contributed by atoms with van der Waals surface area (Å²) in [6, 6.07) is 5.82. The Labute approximate surface area is 171 Å². The van der Waals surface area contributed by atoms with Crippen LogP contribution in [0.4, 0.5) is 18.0 Å². The summed E-state index contributed by atoms with van der Waals surface area (Å²) in [6.07, 6.45) is -4.03. The maximum absolute atomic E-state index is 12.8. The van der Waals surface area contributed by atoms with Crippen LogP contribution in [0, 0.1) is 5.92 Å². The van der Waals surface area contributed by atoms with E-state index < -0.39 is 23.7 Å². The zero-order valence-corrected chi connectivity index (χ0v) is 16.8. The van der Waals surface area contributed by atoms with Gasteiger partial charge in [0.15, 0.2) is 0 Å². The van der Waals surface area contributed by atoms with E-state index >= 15 is 0 Å². The highest BCUT2D eigenvalue weighted by atomic mass is 35.5. The van der Waals surface area contributed by atoms with E-state index in [1.165, 1.54) is 24.3 Å². The molecular formula is C19H21ClF3N3O3. The zero-order chi connectivity index (χ0) is 21.8. The lowest BCUT2D eigenvalue weighted by Crippen LogP contribution is -2.41. The molecule has 1 unspecified atom stereocenters. The fourth-order valence-electron chi connectivity index (χ4n) is 2.90. The first-order valence-electron chi connectivity index (χ1n) is 8.71. The van der Waals surface area contributed by atoms with Crippen LogP contribution >= 0.6 is 11.6 Å². The van der Waals surface area contributed by atoms with Crippen LogP contribution in [-0.2, 0) is 10.9 Å². The third kappa shape index (κ3) is 6.49. The largest absolute Gasteiger partial charge is 0.488 e. The monoisotopic (exact) mass is 431 g/mol. The van der Waals surface area contributed by atoms with E-state index in [1.807, 2.05) is 13.8 Å². The number of primary amides is 1. The van der Waals surface area contributed by atoms with Crippen LogP contribution in [0.2, 0.25) is 5.02 Å². The average Bonchev–Trinajstić information content (AvgIpc) is 2.58. The second-order valence-corrected chi connectivity index (χ2v) is 7.57. The SMILES string of the molecule is CC(C)CC(C)(COc1ccc(-c2ccnc(C(F)(F)F)n2)cc1Cl)OC(N)=O. The summed E-state index contributed by atoms with van der Waals surface area (Å²) in [5.74, 6) is -0.746. The number of rotatable bonds is 7. The molecule has 158 valence electrons. The Morgan fingerprint density at radius 1 is 1.28 bits per heavy atom. The van der Waals surface area contributed by atoms with Gasteiger partial charge >= 0.3 is 12.3 Å². The Balaban J connectivity index is 2.20. The molecule has 2 rings (SSSR count). The lowest BCUT2D eigenvalue weighted by molar-refractivity contribution is -0.144. The minimum atomic E-state index is -4.65. The molecule has 0 saturated carbocycles. The van der Waals surface area contributed by atoms with Crippen molar-refractivity contribution >= 4 is 17.7 Å². The Bertz CT molecular complexity index is 877. The van der Waals surface area contributed by atoms with E-state index in [9.17, 15) is 18.0 Å². The average molecular weight is 432 g/mol. The maximum Gasteiger partial charge on any atom is 0.451 e. The number of alkyl halides is 3. The highest BCUT2D eigenvalue weighted by molar-refractivity contribution is 6.32. The Kier molecular flexibility index (Phi) is 6.94. The molecule has 1 atom stereocenters. The van der Waals surface area contributed by atoms with Crippen LogP contribution in [-0.4, -0.2) is 28.3 Å². The number of nitrogens with two attached hydrogens (primary N) is 1. The standard InChI is InChI=1S/C19H21ClF3N3O3/c1-11(2)9-18(3,29-17(24)27)10-28-15-5-4-12(8-13(15)20)14-6-7-25-16(26-14)19(21,22)23/h4-8,11H,9-10H2,1-3H3,(H2,24,27). The van der Waals surface area contributed by atoms with Crippen molar-refractivity contribution in [3.63, 3.8) is 0 Å². The summed E-state index contributed by atoms with van der Waals surface area (Å²) in [6.45, 7) is 5.61. The van der Waals surface area contributed by atoms with E-state index in [4.69, 9.17) is 26.8 Å². The summed E-state index contributed by atoms with van der Waals surface area (Å²) in [7, 11) is 0. The molecule has 2 N–H and O–H groups in total. The van der Waals surface area contributed by atoms with Gasteiger partial charge in [-0.05, 0) is 43.5 Å². The molecular weight excluding hydrogens is 411 g/mol. The van der Waals surface area contributed by atoms with E-state index in [1.54, 1.807) is 6.92 Å². The van der Waals surface area contributed by atoms with Gasteiger partial charge in [-0.1, -0.05) is 25.4 Å². The van der Waals surface area contributed by atoms with Crippen LogP contribution in [0.5, 0.6) is 5.75 Å². The molecule has 10 heteroatoms. The van der Waals surface area contributed by atoms with Crippen molar-refractivity contribution in [3.8, 4) is 17.0 Å². The van der Waals surface area contributed by atoms with Crippen molar-refractivity contribution in [2.75, 3.05) is 6.61 Å². The zero-order valence-electron chi connectivity index (χ0n) is 16.1. The lowest BCUT2D eigenvalue weighted by atomic mass is 9.95. The summed E-state index contributed by atoms with van der Waals surface area (Å²) in [4.78, 5) is 18.0. The second-order valence-electron chi connectivity index (χ2n) is 7.17. The van der Waals surface area contributed by atoms with E-state index in [-0.39, 0.29) is 29.0 Å². The van der Waals surface area contributed by atoms with Gasteiger partial charge in [-0.15, -0.1) is 0 Å². The molecule has 6 nitrogen and oxygen atoms in total. The number of amides is 1. The number of nitrogens with zero attached hydrogens (tertiary/aromatic N) is 2. The summed E-state index contributed by atoms with van der Waals surface area (Å²) >= 11 is 6.23. The highest BCUT2D eigenvalue weighted by Crippen LogP contribution is 2.33. The van der Waals surface area contributed by atoms with Gasteiger partial charge in [0.2, 0.25) is 5.82 Å². The first-order valence-corrected chi connectivity index (χ1v) is 9.09. The molecule has 2 aromatic rings. The van der Waals surface area contributed by atoms with Gasteiger partial charge in [-0.2, -0.15) is 13.2 Å². The quantitative estimate of drug-likeness (QED) is 0.659. The summed E-state index contributed by atoms with van der Waals surface area (Å²) in [5, 5.41) is 0.167. The van der Waals surface area contributed by atoms with Gasteiger partial charge < -0.3 is 15.2 Å². The predicted octanol–water partition coefficient (Wildman–Crippen LogP) is 5.09. The van der Waals surface area contributed by atoms with Crippen LogP contribution in [0.25, 0.3) is 11.3 Å². The normalized spacial score (nSPS) is 13.8. The molecule has 0 aliphatic heterocycles. The van der Waals surface area contributed by atoms with Crippen molar-refractivity contribution in [1.82, 2.24) is 9.97 Å². The molecule has 0 aliphatic rings. The van der Waals surface area contributed by atoms with Crippen molar-refractivity contribution in [3.05, 3.63) is 41.3 Å². The van der Waals surface area contributed by atoms with Crippen molar-refractivity contribution in [2.24, 2.45) is 11.7 Å². The molecule has 0 fully saturated rings. The van der Waals surface area contributed by atoms with Crippen molar-refractivity contribution in [2.45, 2.75) is 39.0 Å². The molecule has 0 spiro atoms. The third-order valence-electron chi connectivity index (χ3n) is 3.86. The smallest absolute Gasteiger partial charge is 0.451 e. The van der Waals surface area contributed by atoms with Crippen molar-refractivity contribution < 1.29 is 27.4 Å². The molecule has 1 amide bonds. The number of carbonyl (C=O) groups is 1. The minimum absolute atomic E-state index is 0.00108. The van der Waals surface area contributed by atoms with Gasteiger partial charge in [-0.25, -0.2) is 14.8 Å². The van der Waals surface area contributed by atoms with Crippen LogP contribution < -0.4 is 10.5 Å². The first-order chi connectivity index (χ1) is 13.4. The van der Waals surface area contributed by atoms with Crippen molar-refractivity contribution in [1.29, 1.82) is 0 Å². The summed E-state index contributed by atoms with van der Waals surface area (Å²) < 4.78 is 49.3. The molecule has 0 radical (unpaired) electrons. The maximum atomic E-state index is 12.8. The lowest BCUT2D eigenvalue weighted by Gasteiger charge is -2.30. The number of benzene rings is 1. The molecule has 1 heterocycles. The number of hydrogen-bond donors (Lipinski definition) is 1. The molecule has 0 saturated heterocycles. The Morgan fingerprint density at radius 2 is 1.97 bits per heavy atom. The summed E-state index contributed by atoms with van der Waals surface area (Å²) in [5.41, 5.74) is 4.62. The molecule has 1 aromatic carbocycles. The third-order valence-corrected chi connectivity index (χ3v) is 4.15. The van der Waals surface area contributed by atoms with E-state index in [2.05, 4.69) is 9.97 Å². The molecule has 0 aliphatic carbocycles. The number of ether oxygens (including phenoxy) is 2. The molecule has 0 bridgehead atoms. The van der Waals surface area contributed by atoms with Crippen LogP contribution in [0.1, 0.15) is 33.0 Å². The van der Waals surface area contributed by atoms with Gasteiger partial charge in [0.25, 0.3) is 0 Å². The molecule has 1 aromatic heterocycles. The number of hydrogen-bond acceptors (Lipinski definition) is 5. The van der Waals surface area contributed by atoms with E-state index in [0.29, 0.717) is 12.0 Å². The Hall–Kier alpha value is -2.55. The van der Waals surface area contributed by atoms with Gasteiger partial charge in [0.05, 0.1) is 10.7 Å². The number of aromatic nitrogens is 2. The predicted molar refractivity (Wildman–Crippen MR) is 102 cm³/mol. The van der Waals surface area contributed by atoms with E-state index in [0.717, 1.165) is 6.20 Å². The highest BCUT2D eigenvalue weighted by Gasteiger charge is 2.35. The van der Waals surface area contributed by atoms with Crippen LogP contribution in [0.15, 0.2) is 30.5 Å². The fraction of sp³-hybridized carbons (Fsp3) is 0.421. The number of halogens is 4.